The predicted molar refractivity (Wildman–Crippen MR) is 89.1 cm³/mol. The van der Waals surface area contributed by atoms with Crippen molar-refractivity contribution in [1.82, 2.24) is 9.88 Å². The van der Waals surface area contributed by atoms with Crippen LogP contribution in [0.25, 0.3) is 0 Å². The van der Waals surface area contributed by atoms with Crippen molar-refractivity contribution in [2.24, 2.45) is 5.73 Å². The molecule has 106 valence electrons. The number of thiocarbonyl (C=S) groups is 1. The molecule has 0 atom stereocenters. The molecule has 0 bridgehead atoms. The molecule has 5 heteroatoms. The fraction of sp³-hybridized carbons (Fsp3) is 0.333. The van der Waals surface area contributed by atoms with Gasteiger partial charge in [-0.2, -0.15) is 0 Å². The van der Waals surface area contributed by atoms with Crippen molar-refractivity contribution < 1.29 is 0 Å². The maximum absolute atomic E-state index is 5.65. The van der Waals surface area contributed by atoms with E-state index in [1.165, 1.54) is 11.1 Å². The Kier molecular flexibility index (Phi) is 4.86. The topological polar surface area (TPSA) is 42.2 Å². The second-order valence-electron chi connectivity index (χ2n) is 5.04. The van der Waals surface area contributed by atoms with Crippen LogP contribution in [-0.4, -0.2) is 21.9 Å². The van der Waals surface area contributed by atoms with Crippen LogP contribution in [0.2, 0.25) is 0 Å². The van der Waals surface area contributed by atoms with Crippen LogP contribution in [0.15, 0.2) is 23.6 Å². The fourth-order valence-electron chi connectivity index (χ4n) is 2.13. The van der Waals surface area contributed by atoms with Crippen LogP contribution in [0, 0.1) is 13.8 Å². The largest absolute Gasteiger partial charge is 0.389 e. The van der Waals surface area contributed by atoms with E-state index in [2.05, 4.69) is 41.4 Å². The molecular formula is C15H19N3S2. The van der Waals surface area contributed by atoms with E-state index in [9.17, 15) is 0 Å². The zero-order valence-corrected chi connectivity index (χ0v) is 13.6. The molecule has 20 heavy (non-hydrogen) atoms. The smallest absolute Gasteiger partial charge is 0.103 e. The molecule has 0 saturated heterocycles. The Balaban J connectivity index is 2.04. The summed E-state index contributed by atoms with van der Waals surface area (Å²) in [4.78, 5) is 7.21. The second-order valence-corrected chi connectivity index (χ2v) is 6.54. The summed E-state index contributed by atoms with van der Waals surface area (Å²) in [5, 5.41) is 3.24. The van der Waals surface area contributed by atoms with Gasteiger partial charge in [0.05, 0.1) is 10.7 Å². The van der Waals surface area contributed by atoms with Crippen molar-refractivity contribution in [2.75, 3.05) is 7.05 Å². The Morgan fingerprint density at radius 2 is 2.10 bits per heavy atom. The highest BCUT2D eigenvalue weighted by molar-refractivity contribution is 7.80. The number of aryl methyl sites for hydroxylation is 2. The Morgan fingerprint density at radius 1 is 1.35 bits per heavy atom. The summed E-state index contributed by atoms with van der Waals surface area (Å²) in [7, 11) is 2.11. The van der Waals surface area contributed by atoms with Crippen molar-refractivity contribution in [1.29, 1.82) is 0 Å². The van der Waals surface area contributed by atoms with Gasteiger partial charge in [0.15, 0.2) is 0 Å². The molecule has 2 N–H and O–H groups in total. The fourth-order valence-corrected chi connectivity index (χ4v) is 2.86. The summed E-state index contributed by atoms with van der Waals surface area (Å²) in [6.45, 7) is 5.88. The Labute approximate surface area is 129 Å². The van der Waals surface area contributed by atoms with Gasteiger partial charge in [-0.1, -0.05) is 24.4 Å². The zero-order chi connectivity index (χ0) is 14.7. The maximum Gasteiger partial charge on any atom is 0.103 e. The van der Waals surface area contributed by atoms with Gasteiger partial charge < -0.3 is 5.73 Å². The van der Waals surface area contributed by atoms with Gasteiger partial charge in [-0.3, -0.25) is 4.90 Å². The van der Waals surface area contributed by atoms with Gasteiger partial charge in [-0.25, -0.2) is 4.98 Å². The molecule has 0 saturated carbocycles. The maximum atomic E-state index is 5.65. The van der Waals surface area contributed by atoms with Crippen LogP contribution in [0.4, 0.5) is 0 Å². The number of aromatic nitrogens is 1. The minimum absolute atomic E-state index is 0.450. The van der Waals surface area contributed by atoms with E-state index in [1.807, 2.05) is 13.0 Å². The summed E-state index contributed by atoms with van der Waals surface area (Å²) >= 11 is 6.70. The molecule has 0 aliphatic rings. The Morgan fingerprint density at radius 3 is 2.65 bits per heavy atom. The first-order valence-electron chi connectivity index (χ1n) is 6.44. The predicted octanol–water partition coefficient (Wildman–Crippen LogP) is 3.03. The standard InChI is InChI=1S/C15H19N3S2/c1-10-6-12(15(16)19)4-5-13(10)7-18(3)8-14-9-20-11(2)17-14/h4-6,9H,7-8H2,1-3H3,(H2,16,19). The minimum atomic E-state index is 0.450. The Bertz CT molecular complexity index is 619. The zero-order valence-electron chi connectivity index (χ0n) is 12.0. The summed E-state index contributed by atoms with van der Waals surface area (Å²) in [5.74, 6) is 0. The van der Waals surface area contributed by atoms with E-state index in [4.69, 9.17) is 18.0 Å². The first kappa shape index (κ1) is 15.1. The van der Waals surface area contributed by atoms with Gasteiger partial charge in [0.25, 0.3) is 0 Å². The van der Waals surface area contributed by atoms with Crippen molar-refractivity contribution in [2.45, 2.75) is 26.9 Å². The van der Waals surface area contributed by atoms with E-state index in [0.717, 1.165) is 29.4 Å². The SMILES string of the molecule is Cc1nc(CN(C)Cc2ccc(C(N)=S)cc2C)cs1. The van der Waals surface area contributed by atoms with Gasteiger partial charge in [-0.15, -0.1) is 11.3 Å². The van der Waals surface area contributed by atoms with Gasteiger partial charge >= 0.3 is 0 Å². The van der Waals surface area contributed by atoms with Crippen molar-refractivity contribution in [3.63, 3.8) is 0 Å². The lowest BCUT2D eigenvalue weighted by Gasteiger charge is -2.17. The van der Waals surface area contributed by atoms with Crippen LogP contribution >= 0.6 is 23.6 Å². The first-order chi connectivity index (χ1) is 9.45. The Hall–Kier alpha value is -1.30. The molecule has 0 fully saturated rings. The first-order valence-corrected chi connectivity index (χ1v) is 7.73. The summed E-state index contributed by atoms with van der Waals surface area (Å²) in [6.07, 6.45) is 0. The third-order valence-electron chi connectivity index (χ3n) is 3.17. The molecule has 2 rings (SSSR count). The van der Waals surface area contributed by atoms with E-state index >= 15 is 0 Å². The second kappa shape index (κ2) is 6.43. The van der Waals surface area contributed by atoms with E-state index in [-0.39, 0.29) is 0 Å². The molecule has 2 aromatic rings. The average Bonchev–Trinajstić information content (AvgIpc) is 2.77. The molecule has 0 aliphatic heterocycles. The molecule has 1 aromatic heterocycles. The summed E-state index contributed by atoms with van der Waals surface area (Å²) in [5.41, 5.74) is 10.2. The molecule has 0 amide bonds. The van der Waals surface area contributed by atoms with Crippen LogP contribution < -0.4 is 5.73 Å². The van der Waals surface area contributed by atoms with Crippen LogP contribution in [-0.2, 0) is 13.1 Å². The third-order valence-corrected chi connectivity index (χ3v) is 4.22. The highest BCUT2D eigenvalue weighted by Gasteiger charge is 2.07. The van der Waals surface area contributed by atoms with E-state index < -0.39 is 0 Å². The number of thiazole rings is 1. The average molecular weight is 305 g/mol. The molecule has 0 radical (unpaired) electrons. The highest BCUT2D eigenvalue weighted by atomic mass is 32.1. The van der Waals surface area contributed by atoms with Crippen molar-refractivity contribution in [3.05, 3.63) is 51.0 Å². The number of hydrogen-bond donors (Lipinski definition) is 1. The molecule has 3 nitrogen and oxygen atoms in total. The molecule has 1 aromatic carbocycles. The van der Waals surface area contributed by atoms with Gasteiger partial charge in [0.1, 0.15) is 4.99 Å². The molecule has 0 spiro atoms. The van der Waals surface area contributed by atoms with E-state index in [1.54, 1.807) is 11.3 Å². The van der Waals surface area contributed by atoms with Crippen molar-refractivity contribution in [3.8, 4) is 0 Å². The summed E-state index contributed by atoms with van der Waals surface area (Å²) < 4.78 is 0. The van der Waals surface area contributed by atoms with Crippen LogP contribution in [0.3, 0.4) is 0 Å². The van der Waals surface area contributed by atoms with Gasteiger partial charge in [0, 0.05) is 24.0 Å². The lowest BCUT2D eigenvalue weighted by molar-refractivity contribution is 0.315. The molecule has 0 aliphatic carbocycles. The van der Waals surface area contributed by atoms with Crippen molar-refractivity contribution >= 4 is 28.5 Å². The lowest BCUT2D eigenvalue weighted by atomic mass is 10.0. The molecular weight excluding hydrogens is 286 g/mol. The monoisotopic (exact) mass is 305 g/mol. The number of hydrogen-bond acceptors (Lipinski definition) is 4. The van der Waals surface area contributed by atoms with Gasteiger partial charge in [0.2, 0.25) is 0 Å². The number of nitrogens with two attached hydrogens (primary N) is 1. The lowest BCUT2D eigenvalue weighted by Crippen LogP contribution is -2.18. The third kappa shape index (κ3) is 3.85. The summed E-state index contributed by atoms with van der Waals surface area (Å²) in [6, 6.07) is 6.15. The highest BCUT2D eigenvalue weighted by Crippen LogP contribution is 2.15. The molecule has 1 heterocycles. The number of rotatable bonds is 5. The normalized spacial score (nSPS) is 11.0. The van der Waals surface area contributed by atoms with E-state index in [0.29, 0.717) is 4.99 Å². The van der Waals surface area contributed by atoms with Crippen LogP contribution in [0.5, 0.6) is 0 Å². The number of nitrogens with zero attached hydrogens (tertiary/aromatic N) is 2. The van der Waals surface area contributed by atoms with Gasteiger partial charge in [-0.05, 0) is 38.1 Å². The van der Waals surface area contributed by atoms with Crippen LogP contribution in [0.1, 0.15) is 27.4 Å². The molecule has 0 unspecified atom stereocenters. The quantitative estimate of drug-likeness (QED) is 0.862. The number of benzene rings is 1. The minimum Gasteiger partial charge on any atom is -0.389 e.